The van der Waals surface area contributed by atoms with E-state index in [4.69, 9.17) is 0 Å². The Labute approximate surface area is 100 Å². The Bertz CT molecular complexity index is 361. The van der Waals surface area contributed by atoms with E-state index < -0.39 is 0 Å². The van der Waals surface area contributed by atoms with Gasteiger partial charge in [-0.1, -0.05) is 37.6 Å². The van der Waals surface area contributed by atoms with Crippen LogP contribution >= 0.6 is 0 Å². The lowest BCUT2D eigenvalue weighted by atomic mass is 9.81. The Kier molecular flexibility index (Phi) is 4.35. The number of hydrogen-bond donors (Lipinski definition) is 0. The summed E-state index contributed by atoms with van der Waals surface area (Å²) in [5, 5.41) is 0. The molecule has 88 valence electrons. The van der Waals surface area contributed by atoms with Crippen LogP contribution in [0.4, 0.5) is 0 Å². The minimum atomic E-state index is 0.405. The zero-order valence-electron chi connectivity index (χ0n) is 11.3. The fourth-order valence-corrected chi connectivity index (χ4v) is 2.45. The van der Waals surface area contributed by atoms with Crippen LogP contribution in [0.5, 0.6) is 0 Å². The van der Waals surface area contributed by atoms with Crippen molar-refractivity contribution in [1.29, 1.82) is 0 Å². The summed E-state index contributed by atoms with van der Waals surface area (Å²) in [6.45, 7) is 15.2. The van der Waals surface area contributed by atoms with Crippen molar-refractivity contribution >= 4 is 0 Å². The van der Waals surface area contributed by atoms with Crippen LogP contribution < -0.4 is 0 Å². The predicted octanol–water partition coefficient (Wildman–Crippen LogP) is 5.06. The van der Waals surface area contributed by atoms with E-state index in [0.29, 0.717) is 5.92 Å². The Hall–Kier alpha value is -1.04. The minimum absolute atomic E-state index is 0.405. The number of hydrogen-bond acceptors (Lipinski definition) is 0. The van der Waals surface area contributed by atoms with Crippen LogP contribution in [0.1, 0.15) is 41.0 Å². The average molecular weight is 216 g/mol. The molecular formula is C16H24. The molecule has 1 rings (SSSR count). The Balaban J connectivity index is 3.16. The van der Waals surface area contributed by atoms with Gasteiger partial charge in [0.15, 0.2) is 0 Å². The maximum Gasteiger partial charge on any atom is 0.0201 e. The average Bonchev–Trinajstić information content (AvgIpc) is 2.20. The van der Waals surface area contributed by atoms with Gasteiger partial charge in [0.25, 0.3) is 0 Å². The summed E-state index contributed by atoms with van der Waals surface area (Å²) in [7, 11) is 0. The molecule has 0 aliphatic heterocycles. The number of rotatable bonds is 3. The molecule has 1 aliphatic rings. The van der Waals surface area contributed by atoms with E-state index in [1.807, 2.05) is 6.08 Å². The molecule has 0 aromatic heterocycles. The molecule has 0 N–H and O–H groups in total. The summed E-state index contributed by atoms with van der Waals surface area (Å²) in [4.78, 5) is 0. The van der Waals surface area contributed by atoms with E-state index in [2.05, 4.69) is 53.3 Å². The molecule has 0 bridgehead atoms. The Morgan fingerprint density at radius 3 is 2.56 bits per heavy atom. The van der Waals surface area contributed by atoms with E-state index in [9.17, 15) is 0 Å². The highest BCUT2D eigenvalue weighted by Crippen LogP contribution is 2.34. The second-order valence-electron chi connectivity index (χ2n) is 5.22. The van der Waals surface area contributed by atoms with E-state index in [1.165, 1.54) is 28.7 Å². The minimum Gasteiger partial charge on any atom is -0.102 e. The molecule has 1 aliphatic carbocycles. The molecular weight excluding hydrogens is 192 g/mol. The van der Waals surface area contributed by atoms with Gasteiger partial charge in [-0.25, -0.2) is 0 Å². The summed E-state index contributed by atoms with van der Waals surface area (Å²) in [6.07, 6.45) is 7.70. The molecule has 0 saturated carbocycles. The standard InChI is InChI=1S/C16H24/c1-7-15-9-8-12(4)14(6)16(15)13(5)10-11(2)3/h7-9,11,15H,1,10H2,2-6H3/b16-13+. The molecule has 0 fully saturated rings. The second kappa shape index (κ2) is 5.34. The topological polar surface area (TPSA) is 0 Å². The van der Waals surface area contributed by atoms with Crippen LogP contribution in [0, 0.1) is 11.8 Å². The zero-order chi connectivity index (χ0) is 12.3. The van der Waals surface area contributed by atoms with Gasteiger partial charge < -0.3 is 0 Å². The first kappa shape index (κ1) is 13.0. The van der Waals surface area contributed by atoms with Gasteiger partial charge in [-0.2, -0.15) is 0 Å². The molecule has 0 aromatic rings. The summed E-state index contributed by atoms with van der Waals surface area (Å²) in [5.74, 6) is 1.12. The van der Waals surface area contributed by atoms with Crippen LogP contribution in [0.15, 0.2) is 47.1 Å². The van der Waals surface area contributed by atoms with E-state index in [-0.39, 0.29) is 0 Å². The van der Waals surface area contributed by atoms with Crippen molar-refractivity contribution in [3.05, 3.63) is 47.1 Å². The maximum absolute atomic E-state index is 3.95. The van der Waals surface area contributed by atoms with Crippen molar-refractivity contribution < 1.29 is 0 Å². The van der Waals surface area contributed by atoms with Crippen molar-refractivity contribution in [2.24, 2.45) is 11.8 Å². The summed E-state index contributed by atoms with van der Waals surface area (Å²) >= 11 is 0. The smallest absolute Gasteiger partial charge is 0.0201 e. The first-order valence-corrected chi connectivity index (χ1v) is 6.15. The van der Waals surface area contributed by atoms with Crippen LogP contribution in [0.3, 0.4) is 0 Å². The highest BCUT2D eigenvalue weighted by Gasteiger charge is 2.17. The third-order valence-corrected chi connectivity index (χ3v) is 3.31. The largest absolute Gasteiger partial charge is 0.102 e. The van der Waals surface area contributed by atoms with E-state index in [0.717, 1.165) is 5.92 Å². The van der Waals surface area contributed by atoms with E-state index in [1.54, 1.807) is 0 Å². The molecule has 1 unspecified atom stereocenters. The van der Waals surface area contributed by atoms with Gasteiger partial charge >= 0.3 is 0 Å². The zero-order valence-corrected chi connectivity index (χ0v) is 11.3. The first-order valence-electron chi connectivity index (χ1n) is 6.15. The van der Waals surface area contributed by atoms with Gasteiger partial charge in [0, 0.05) is 5.92 Å². The molecule has 0 heteroatoms. The van der Waals surface area contributed by atoms with Crippen molar-refractivity contribution in [2.45, 2.75) is 41.0 Å². The Morgan fingerprint density at radius 1 is 1.44 bits per heavy atom. The molecule has 0 heterocycles. The number of allylic oxidation sites excluding steroid dienone is 7. The molecule has 16 heavy (non-hydrogen) atoms. The molecule has 0 spiro atoms. The molecule has 0 saturated heterocycles. The third kappa shape index (κ3) is 2.75. The Morgan fingerprint density at radius 2 is 2.06 bits per heavy atom. The molecule has 1 atom stereocenters. The van der Waals surface area contributed by atoms with Crippen molar-refractivity contribution in [3.8, 4) is 0 Å². The van der Waals surface area contributed by atoms with Gasteiger partial charge in [-0.05, 0) is 49.8 Å². The fraction of sp³-hybridized carbons (Fsp3) is 0.500. The summed E-state index contributed by atoms with van der Waals surface area (Å²) in [6, 6.07) is 0. The summed E-state index contributed by atoms with van der Waals surface area (Å²) in [5.41, 5.74) is 5.83. The lowest BCUT2D eigenvalue weighted by molar-refractivity contribution is 0.634. The molecule has 0 aromatic carbocycles. The van der Waals surface area contributed by atoms with Gasteiger partial charge in [0.2, 0.25) is 0 Å². The third-order valence-electron chi connectivity index (χ3n) is 3.31. The molecule has 0 nitrogen and oxygen atoms in total. The van der Waals surface area contributed by atoms with Gasteiger partial charge in [-0.15, -0.1) is 6.58 Å². The van der Waals surface area contributed by atoms with Crippen molar-refractivity contribution in [1.82, 2.24) is 0 Å². The monoisotopic (exact) mass is 216 g/mol. The highest BCUT2D eigenvalue weighted by atomic mass is 14.2. The molecule has 0 amide bonds. The maximum atomic E-state index is 3.95. The van der Waals surface area contributed by atoms with Crippen LogP contribution in [-0.2, 0) is 0 Å². The quantitative estimate of drug-likeness (QED) is 0.579. The van der Waals surface area contributed by atoms with Gasteiger partial charge in [-0.3, -0.25) is 0 Å². The SMILES string of the molecule is C=CC1C=CC(C)=C(C)/C1=C(/C)CC(C)C. The van der Waals surface area contributed by atoms with Gasteiger partial charge in [0.05, 0.1) is 0 Å². The van der Waals surface area contributed by atoms with Crippen LogP contribution in [-0.4, -0.2) is 0 Å². The van der Waals surface area contributed by atoms with Crippen LogP contribution in [0.25, 0.3) is 0 Å². The first-order chi connectivity index (χ1) is 7.47. The predicted molar refractivity (Wildman–Crippen MR) is 73.4 cm³/mol. The summed E-state index contributed by atoms with van der Waals surface area (Å²) < 4.78 is 0. The van der Waals surface area contributed by atoms with Crippen LogP contribution in [0.2, 0.25) is 0 Å². The lowest BCUT2D eigenvalue weighted by Gasteiger charge is -2.24. The van der Waals surface area contributed by atoms with Crippen molar-refractivity contribution in [3.63, 3.8) is 0 Å². The highest BCUT2D eigenvalue weighted by molar-refractivity contribution is 5.49. The lowest BCUT2D eigenvalue weighted by Crippen LogP contribution is -2.08. The fourth-order valence-electron chi connectivity index (χ4n) is 2.45. The molecule has 0 radical (unpaired) electrons. The van der Waals surface area contributed by atoms with E-state index >= 15 is 0 Å². The second-order valence-corrected chi connectivity index (χ2v) is 5.22. The van der Waals surface area contributed by atoms with Gasteiger partial charge in [0.1, 0.15) is 0 Å². The normalized spacial score (nSPS) is 24.0. The van der Waals surface area contributed by atoms with Crippen molar-refractivity contribution in [2.75, 3.05) is 0 Å².